The lowest BCUT2D eigenvalue weighted by molar-refractivity contribution is 0.0240. The van der Waals surface area contributed by atoms with Gasteiger partial charge in [-0.3, -0.25) is 0 Å². The molecule has 0 N–H and O–H groups in total. The maximum Gasteiger partial charge on any atom is 0.410 e. The number of carbonyl (C=O) groups excluding carboxylic acids is 1. The van der Waals surface area contributed by atoms with Crippen molar-refractivity contribution in [1.82, 2.24) is 14.9 Å². The van der Waals surface area contributed by atoms with Gasteiger partial charge in [0.2, 0.25) is 0 Å². The van der Waals surface area contributed by atoms with Crippen LogP contribution >= 0.6 is 57.7 Å². The van der Waals surface area contributed by atoms with E-state index in [0.29, 0.717) is 53.5 Å². The summed E-state index contributed by atoms with van der Waals surface area (Å²) in [5.41, 5.74) is 0.206. The van der Waals surface area contributed by atoms with Crippen molar-refractivity contribution in [2.75, 3.05) is 43.4 Å². The molecular weight excluding hydrogens is 631 g/mol. The van der Waals surface area contributed by atoms with Crippen LogP contribution in [-0.2, 0) is 4.74 Å². The highest BCUT2D eigenvalue weighted by atomic mass is 127. The summed E-state index contributed by atoms with van der Waals surface area (Å²) in [5.74, 6) is 2.26. The molecule has 1 saturated heterocycles. The fourth-order valence-corrected chi connectivity index (χ4v) is 4.39. The van der Waals surface area contributed by atoms with Crippen LogP contribution in [0, 0.1) is 0 Å². The van der Waals surface area contributed by atoms with Gasteiger partial charge in [-0.1, -0.05) is 34.4 Å². The lowest BCUT2D eigenvalue weighted by atomic mass is 10.2. The molecule has 1 aliphatic rings. The molecule has 3 rings (SSSR count). The lowest BCUT2D eigenvalue weighted by Gasteiger charge is -2.36. The summed E-state index contributed by atoms with van der Waals surface area (Å²) in [4.78, 5) is 25.2. The number of piperazine rings is 1. The van der Waals surface area contributed by atoms with Crippen LogP contribution in [0.4, 0.5) is 10.6 Å². The Morgan fingerprint density at radius 3 is 2.50 bits per heavy atom. The molecule has 1 fully saturated rings. The topological polar surface area (TPSA) is 67.8 Å². The van der Waals surface area contributed by atoms with Crippen molar-refractivity contribution in [2.45, 2.75) is 40.2 Å². The van der Waals surface area contributed by atoms with Crippen LogP contribution in [0.15, 0.2) is 16.9 Å². The van der Waals surface area contributed by atoms with E-state index >= 15 is 0 Å². The van der Waals surface area contributed by atoms with Gasteiger partial charge >= 0.3 is 6.09 Å². The van der Waals surface area contributed by atoms with E-state index in [1.54, 1.807) is 13.8 Å². The Morgan fingerprint density at radius 2 is 1.91 bits per heavy atom. The first-order valence-electron chi connectivity index (χ1n) is 10.4. The van der Waals surface area contributed by atoms with Gasteiger partial charge in [0, 0.05) is 37.3 Å². The number of aromatic nitrogens is 2. The van der Waals surface area contributed by atoms with Crippen LogP contribution in [0.2, 0.25) is 5.02 Å². The van der Waals surface area contributed by atoms with Gasteiger partial charge in [-0.05, 0) is 64.0 Å². The molecule has 2 heterocycles. The molecule has 1 aliphatic heterocycles. The fraction of sp³-hybridized carbons (Fsp3) is 0.571. The number of fused-ring (bicyclic) bond motifs is 1. The molecule has 0 bridgehead atoms. The average Bonchev–Trinajstić information content (AvgIpc) is 2.76. The van der Waals surface area contributed by atoms with E-state index in [1.807, 2.05) is 40.7 Å². The molecular formula is C21H29BrClIN4O3S. The molecule has 1 amide bonds. The first kappa shape index (κ1) is 27.5. The van der Waals surface area contributed by atoms with Crippen molar-refractivity contribution in [3.63, 3.8) is 0 Å². The number of hydrogen-bond acceptors (Lipinski definition) is 7. The van der Waals surface area contributed by atoms with Crippen LogP contribution in [0.5, 0.6) is 5.75 Å². The Kier molecular flexibility index (Phi) is 10.9. The third-order valence-electron chi connectivity index (χ3n) is 4.40. The van der Waals surface area contributed by atoms with Crippen LogP contribution < -0.4 is 9.64 Å². The molecule has 1 aromatic carbocycles. The highest BCUT2D eigenvalue weighted by Gasteiger charge is 2.27. The number of hydrogen-bond donors (Lipinski definition) is 0. The van der Waals surface area contributed by atoms with Crippen LogP contribution in [0.3, 0.4) is 0 Å². The lowest BCUT2D eigenvalue weighted by Crippen LogP contribution is -2.50. The van der Waals surface area contributed by atoms with Gasteiger partial charge in [-0.2, -0.15) is 0 Å². The summed E-state index contributed by atoms with van der Waals surface area (Å²) in [6.07, 6.45) is 1.25. The standard InChI is InChI=1S/C19H23BrClIN4O3S.C2H6/c1-19(2,3)29-18(27)26-6-4-25(5-7-26)17-12-10-13(21)14(20)16(28-8-9-30-22)15(12)23-11-24-17;1-2/h10-11H,4-9H2,1-3H3;1-2H3. The molecule has 11 heteroatoms. The smallest absolute Gasteiger partial charge is 0.410 e. The summed E-state index contributed by atoms with van der Waals surface area (Å²) in [7, 11) is 1.68. The van der Waals surface area contributed by atoms with E-state index in [-0.39, 0.29) is 6.09 Å². The Hall–Kier alpha value is -0.720. The van der Waals surface area contributed by atoms with Gasteiger partial charge in [-0.25, -0.2) is 14.8 Å². The quantitative estimate of drug-likeness (QED) is 0.265. The number of halogens is 3. The normalized spacial score (nSPS) is 14.1. The number of benzene rings is 1. The second-order valence-corrected chi connectivity index (χ2v) is 11.4. The minimum atomic E-state index is -0.507. The van der Waals surface area contributed by atoms with Gasteiger partial charge in [0.15, 0.2) is 5.75 Å². The van der Waals surface area contributed by atoms with Crippen molar-refractivity contribution >= 4 is 80.5 Å². The number of ether oxygens (including phenoxy) is 2. The van der Waals surface area contributed by atoms with E-state index in [9.17, 15) is 4.79 Å². The summed E-state index contributed by atoms with van der Waals surface area (Å²) in [6, 6.07) is 1.86. The summed E-state index contributed by atoms with van der Waals surface area (Å²) < 4.78 is 12.1. The van der Waals surface area contributed by atoms with Crippen molar-refractivity contribution in [2.24, 2.45) is 0 Å². The van der Waals surface area contributed by atoms with Crippen LogP contribution in [0.25, 0.3) is 10.9 Å². The van der Waals surface area contributed by atoms with Gasteiger partial charge in [0.05, 0.1) is 16.1 Å². The molecule has 0 aliphatic carbocycles. The van der Waals surface area contributed by atoms with Crippen molar-refractivity contribution in [1.29, 1.82) is 0 Å². The largest absolute Gasteiger partial charge is 0.489 e. The molecule has 178 valence electrons. The summed E-state index contributed by atoms with van der Waals surface area (Å²) in [5, 5.41) is 1.37. The third kappa shape index (κ3) is 7.14. The minimum absolute atomic E-state index is 0.287. The second-order valence-electron chi connectivity index (χ2n) is 7.71. The molecule has 7 nitrogen and oxygen atoms in total. The zero-order valence-corrected chi connectivity index (χ0v) is 24.3. The number of nitrogens with zero attached hydrogens (tertiary/aromatic N) is 4. The third-order valence-corrected chi connectivity index (χ3v) is 7.35. The zero-order chi connectivity index (χ0) is 23.9. The SMILES string of the molecule is CC.CC(C)(C)OC(=O)N1CCN(c2ncnc3c(OCCSI)c(Br)c(Cl)cc23)CC1. The molecule has 0 radical (unpaired) electrons. The highest BCUT2D eigenvalue weighted by Crippen LogP contribution is 2.41. The predicted molar refractivity (Wildman–Crippen MR) is 146 cm³/mol. The molecule has 1 aromatic heterocycles. The number of amides is 1. The minimum Gasteiger partial charge on any atom is -0.489 e. The van der Waals surface area contributed by atoms with E-state index in [0.717, 1.165) is 17.0 Å². The van der Waals surface area contributed by atoms with E-state index in [2.05, 4.69) is 52.0 Å². The molecule has 0 spiro atoms. The monoisotopic (exact) mass is 658 g/mol. The van der Waals surface area contributed by atoms with Crippen LogP contribution in [0.1, 0.15) is 34.6 Å². The van der Waals surface area contributed by atoms with Gasteiger partial charge in [0.1, 0.15) is 23.3 Å². The predicted octanol–water partition coefficient (Wildman–Crippen LogP) is 6.59. The maximum atomic E-state index is 12.3. The first-order valence-corrected chi connectivity index (χ1v) is 15.1. The molecule has 0 saturated carbocycles. The van der Waals surface area contributed by atoms with Gasteiger partial charge in [-0.15, -0.1) is 0 Å². The van der Waals surface area contributed by atoms with Crippen molar-refractivity contribution < 1.29 is 14.3 Å². The summed E-state index contributed by atoms with van der Waals surface area (Å²) >= 11 is 12.2. The van der Waals surface area contributed by atoms with Crippen LogP contribution in [-0.4, -0.2) is 65.1 Å². The highest BCUT2D eigenvalue weighted by molar-refractivity contribution is 14.2. The van der Waals surface area contributed by atoms with Gasteiger partial charge < -0.3 is 19.3 Å². The van der Waals surface area contributed by atoms with Gasteiger partial charge in [0.25, 0.3) is 0 Å². The number of rotatable bonds is 5. The fourth-order valence-electron chi connectivity index (χ4n) is 3.09. The second kappa shape index (κ2) is 12.7. The first-order chi connectivity index (χ1) is 15.2. The van der Waals surface area contributed by atoms with E-state index in [1.165, 1.54) is 6.33 Å². The average molecular weight is 660 g/mol. The Morgan fingerprint density at radius 1 is 1.25 bits per heavy atom. The van der Waals surface area contributed by atoms with E-state index in [4.69, 9.17) is 21.1 Å². The molecule has 0 atom stereocenters. The Labute approximate surface area is 219 Å². The molecule has 0 unspecified atom stereocenters. The van der Waals surface area contributed by atoms with Crippen molar-refractivity contribution in [3.8, 4) is 5.75 Å². The summed E-state index contributed by atoms with van der Waals surface area (Å²) in [6.45, 7) is 12.6. The Balaban J connectivity index is 0.00000176. The Bertz CT molecular complexity index is 924. The molecule has 32 heavy (non-hydrogen) atoms. The number of anilines is 1. The maximum absolute atomic E-state index is 12.3. The number of carbonyl (C=O) groups is 1. The molecule has 2 aromatic rings. The zero-order valence-electron chi connectivity index (χ0n) is 19.0. The van der Waals surface area contributed by atoms with Crippen molar-refractivity contribution in [3.05, 3.63) is 21.9 Å². The van der Waals surface area contributed by atoms with E-state index < -0.39 is 5.60 Å².